The molecule has 1 aliphatic carbocycles. The van der Waals surface area contributed by atoms with Crippen molar-refractivity contribution in [2.45, 2.75) is 51.9 Å². The highest BCUT2D eigenvalue weighted by Gasteiger charge is 2.21. The number of rotatable bonds is 3. The van der Waals surface area contributed by atoms with Gasteiger partial charge < -0.3 is 9.73 Å². The van der Waals surface area contributed by atoms with Crippen LogP contribution in [-0.4, -0.2) is 16.1 Å². The molecule has 0 aliphatic heterocycles. The highest BCUT2D eigenvalue weighted by atomic mass is 32.1. The van der Waals surface area contributed by atoms with Gasteiger partial charge in [0.1, 0.15) is 10.6 Å². The van der Waals surface area contributed by atoms with Crippen molar-refractivity contribution in [3.63, 3.8) is 0 Å². The molecule has 2 heterocycles. The van der Waals surface area contributed by atoms with Gasteiger partial charge in [-0.25, -0.2) is 0 Å². The number of anilines is 1. The predicted octanol–water partition coefficient (Wildman–Crippen LogP) is 4.25. The van der Waals surface area contributed by atoms with Crippen LogP contribution in [0.1, 0.15) is 48.9 Å². The first kappa shape index (κ1) is 16.3. The Kier molecular flexibility index (Phi) is 3.87. The summed E-state index contributed by atoms with van der Waals surface area (Å²) >= 11 is 1.42. The molecule has 4 rings (SSSR count). The van der Waals surface area contributed by atoms with Gasteiger partial charge in [0.15, 0.2) is 0 Å². The number of carbonyl (C=O) groups is 1. The molecule has 0 saturated carbocycles. The zero-order chi connectivity index (χ0) is 17.6. The zero-order valence-electron chi connectivity index (χ0n) is 14.7. The monoisotopic (exact) mass is 355 g/mol. The van der Waals surface area contributed by atoms with Crippen LogP contribution in [0.15, 0.2) is 22.8 Å². The van der Waals surface area contributed by atoms with Crippen molar-refractivity contribution in [3.05, 3.63) is 40.1 Å². The molecule has 0 unspecified atom stereocenters. The Bertz CT molecular complexity index is 949. The highest BCUT2D eigenvalue weighted by molar-refractivity contribution is 7.15. The molecule has 25 heavy (non-hydrogen) atoms. The van der Waals surface area contributed by atoms with Crippen molar-refractivity contribution in [2.75, 3.05) is 5.32 Å². The van der Waals surface area contributed by atoms with Gasteiger partial charge in [0, 0.05) is 16.4 Å². The van der Waals surface area contributed by atoms with E-state index in [0.717, 1.165) is 34.4 Å². The fraction of sp³-hybridized carbons (Fsp3) is 0.421. The molecule has 1 amide bonds. The Hall–Kier alpha value is -2.21. The van der Waals surface area contributed by atoms with Crippen LogP contribution in [0.5, 0.6) is 0 Å². The van der Waals surface area contributed by atoms with Gasteiger partial charge in [0.2, 0.25) is 11.0 Å². The van der Waals surface area contributed by atoms with Gasteiger partial charge in [0.25, 0.3) is 0 Å². The minimum atomic E-state index is -0.0974. The number of fused-ring (bicyclic) bond motifs is 2. The lowest BCUT2D eigenvalue weighted by atomic mass is 9.98. The fourth-order valence-corrected chi connectivity index (χ4v) is 4.02. The third-order valence-electron chi connectivity index (χ3n) is 4.53. The second kappa shape index (κ2) is 5.95. The Morgan fingerprint density at radius 2 is 2.00 bits per heavy atom. The number of amides is 1. The van der Waals surface area contributed by atoms with E-state index in [4.69, 9.17) is 4.42 Å². The van der Waals surface area contributed by atoms with Crippen LogP contribution in [0.25, 0.3) is 11.0 Å². The maximum Gasteiger partial charge on any atom is 0.230 e. The smallest absolute Gasteiger partial charge is 0.230 e. The summed E-state index contributed by atoms with van der Waals surface area (Å²) < 4.78 is 5.67. The maximum atomic E-state index is 12.4. The Morgan fingerprint density at radius 3 is 2.72 bits per heavy atom. The summed E-state index contributed by atoms with van der Waals surface area (Å²) in [4.78, 5) is 12.4. The van der Waals surface area contributed by atoms with Crippen molar-refractivity contribution < 1.29 is 9.21 Å². The van der Waals surface area contributed by atoms with Crippen molar-refractivity contribution in [2.24, 2.45) is 0 Å². The summed E-state index contributed by atoms with van der Waals surface area (Å²) in [6, 6.07) is 4.31. The molecule has 130 valence electrons. The molecule has 5 nitrogen and oxygen atoms in total. The van der Waals surface area contributed by atoms with E-state index in [9.17, 15) is 4.79 Å². The van der Waals surface area contributed by atoms with Crippen molar-refractivity contribution >= 4 is 33.3 Å². The molecule has 0 radical (unpaired) electrons. The molecular weight excluding hydrogens is 334 g/mol. The summed E-state index contributed by atoms with van der Waals surface area (Å²) in [5.74, 6) is -0.0974. The summed E-state index contributed by atoms with van der Waals surface area (Å²) in [6.45, 7) is 6.24. The standard InChI is InChI=1S/C19H21N3O2S/c1-19(2,3)17-21-22-18(25-17)20-16(23)9-13-10-24-15-8-12-6-4-5-11(12)7-14(13)15/h7-8,10H,4-6,9H2,1-3H3,(H,20,22,23). The van der Waals surface area contributed by atoms with E-state index in [1.165, 1.54) is 28.9 Å². The van der Waals surface area contributed by atoms with Crippen molar-refractivity contribution in [1.82, 2.24) is 10.2 Å². The van der Waals surface area contributed by atoms with Gasteiger partial charge >= 0.3 is 0 Å². The van der Waals surface area contributed by atoms with E-state index in [1.54, 1.807) is 6.26 Å². The van der Waals surface area contributed by atoms with Gasteiger partial charge in [0.05, 0.1) is 12.7 Å². The van der Waals surface area contributed by atoms with E-state index in [0.29, 0.717) is 5.13 Å². The lowest BCUT2D eigenvalue weighted by molar-refractivity contribution is -0.115. The van der Waals surface area contributed by atoms with Gasteiger partial charge in [-0.15, -0.1) is 10.2 Å². The van der Waals surface area contributed by atoms with Crippen molar-refractivity contribution in [1.29, 1.82) is 0 Å². The number of nitrogens with one attached hydrogen (secondary N) is 1. The molecule has 1 aromatic carbocycles. The van der Waals surface area contributed by atoms with Crippen LogP contribution in [0.4, 0.5) is 5.13 Å². The largest absolute Gasteiger partial charge is 0.464 e. The molecule has 3 aromatic rings. The van der Waals surface area contributed by atoms with Gasteiger partial charge in [-0.2, -0.15) is 0 Å². The van der Waals surface area contributed by atoms with Crippen LogP contribution in [0.2, 0.25) is 0 Å². The molecular formula is C19H21N3O2S. The summed E-state index contributed by atoms with van der Waals surface area (Å²) in [7, 11) is 0. The number of benzene rings is 1. The number of aryl methyl sites for hydroxylation is 2. The molecule has 1 aliphatic rings. The minimum Gasteiger partial charge on any atom is -0.464 e. The lowest BCUT2D eigenvalue weighted by Crippen LogP contribution is -2.14. The molecule has 1 N–H and O–H groups in total. The molecule has 2 aromatic heterocycles. The average Bonchev–Trinajstić information content (AvgIpc) is 3.24. The number of aromatic nitrogens is 2. The van der Waals surface area contributed by atoms with Crippen LogP contribution in [0, 0.1) is 0 Å². The first-order chi connectivity index (χ1) is 11.9. The molecule has 0 fully saturated rings. The zero-order valence-corrected chi connectivity index (χ0v) is 15.5. The second-order valence-corrected chi connectivity index (χ2v) is 8.60. The summed E-state index contributed by atoms with van der Waals surface area (Å²) in [5.41, 5.74) is 4.48. The van der Waals surface area contributed by atoms with Crippen LogP contribution in [0.3, 0.4) is 0 Å². The number of hydrogen-bond acceptors (Lipinski definition) is 5. The van der Waals surface area contributed by atoms with Gasteiger partial charge in [-0.05, 0) is 42.5 Å². The van der Waals surface area contributed by atoms with E-state index in [2.05, 4.69) is 48.4 Å². The first-order valence-electron chi connectivity index (χ1n) is 8.56. The lowest BCUT2D eigenvalue weighted by Gasteiger charge is -2.12. The van der Waals surface area contributed by atoms with E-state index in [-0.39, 0.29) is 17.7 Å². The van der Waals surface area contributed by atoms with Crippen LogP contribution in [-0.2, 0) is 29.5 Å². The minimum absolute atomic E-state index is 0.0677. The summed E-state index contributed by atoms with van der Waals surface area (Å²) in [6.07, 6.45) is 5.40. The molecule has 0 spiro atoms. The Labute approximate surface area is 150 Å². The van der Waals surface area contributed by atoms with Gasteiger partial charge in [-0.1, -0.05) is 32.1 Å². The normalized spacial score (nSPS) is 14.0. The highest BCUT2D eigenvalue weighted by Crippen LogP contribution is 2.31. The maximum absolute atomic E-state index is 12.4. The number of furan rings is 1. The molecule has 0 saturated heterocycles. The van der Waals surface area contributed by atoms with E-state index < -0.39 is 0 Å². The van der Waals surface area contributed by atoms with Crippen LogP contribution >= 0.6 is 11.3 Å². The molecule has 0 atom stereocenters. The third-order valence-corrected chi connectivity index (χ3v) is 5.80. The topological polar surface area (TPSA) is 68.0 Å². The average molecular weight is 355 g/mol. The Balaban J connectivity index is 1.51. The third kappa shape index (κ3) is 3.18. The SMILES string of the molecule is CC(C)(C)c1nnc(NC(=O)Cc2coc3cc4c(cc23)CCC4)s1. The quantitative estimate of drug-likeness (QED) is 0.762. The van der Waals surface area contributed by atoms with Crippen molar-refractivity contribution in [3.8, 4) is 0 Å². The predicted molar refractivity (Wildman–Crippen MR) is 99.2 cm³/mol. The number of carbonyl (C=O) groups excluding carboxylic acids is 1. The second-order valence-electron chi connectivity index (χ2n) is 7.62. The number of nitrogens with zero attached hydrogens (tertiary/aromatic N) is 2. The molecule has 6 heteroatoms. The molecule has 0 bridgehead atoms. The first-order valence-corrected chi connectivity index (χ1v) is 9.37. The summed E-state index contributed by atoms with van der Waals surface area (Å²) in [5, 5.41) is 13.6. The van der Waals surface area contributed by atoms with Gasteiger partial charge in [-0.3, -0.25) is 4.79 Å². The van der Waals surface area contributed by atoms with E-state index in [1.807, 2.05) is 0 Å². The van der Waals surface area contributed by atoms with Crippen LogP contribution < -0.4 is 5.32 Å². The van der Waals surface area contributed by atoms with E-state index >= 15 is 0 Å². The Morgan fingerprint density at radius 1 is 1.24 bits per heavy atom. The number of hydrogen-bond donors (Lipinski definition) is 1. The fourth-order valence-electron chi connectivity index (χ4n) is 3.20.